The van der Waals surface area contributed by atoms with Crippen LogP contribution in [0.3, 0.4) is 0 Å². The summed E-state index contributed by atoms with van der Waals surface area (Å²) >= 11 is 3.33. The molecule has 0 aliphatic carbocycles. The molecule has 1 atom stereocenters. The molecule has 0 saturated heterocycles. The summed E-state index contributed by atoms with van der Waals surface area (Å²) in [5, 5.41) is 12.3. The lowest BCUT2D eigenvalue weighted by Gasteiger charge is -2.14. The maximum atomic E-state index is 11.6. The van der Waals surface area contributed by atoms with E-state index in [-0.39, 0.29) is 22.4 Å². The zero-order valence-corrected chi connectivity index (χ0v) is 11.0. The second-order valence-electron chi connectivity index (χ2n) is 3.99. The van der Waals surface area contributed by atoms with E-state index >= 15 is 0 Å². The van der Waals surface area contributed by atoms with Crippen molar-refractivity contribution in [3.8, 4) is 5.75 Å². The molecule has 2 N–H and O–H groups in total. The smallest absolute Gasteiger partial charge is 0.234 e. The molecule has 0 heterocycles. The summed E-state index contributed by atoms with van der Waals surface area (Å²) in [7, 11) is 0. The average molecular weight is 286 g/mol. The van der Waals surface area contributed by atoms with Gasteiger partial charge in [-0.3, -0.25) is 4.79 Å². The molecular formula is C12H16BrNO2. The zero-order valence-electron chi connectivity index (χ0n) is 9.40. The molecule has 0 radical (unpaired) electrons. The van der Waals surface area contributed by atoms with Crippen LogP contribution >= 0.6 is 15.9 Å². The minimum absolute atomic E-state index is 0.0572. The minimum atomic E-state index is -0.196. The molecule has 0 spiro atoms. The number of phenols is 1. The fraction of sp³-hybridized carbons (Fsp3) is 0.417. The van der Waals surface area contributed by atoms with Gasteiger partial charge in [-0.05, 0) is 12.0 Å². The number of aromatic hydroxyl groups is 1. The number of amides is 1. The fourth-order valence-corrected chi connectivity index (χ4v) is 1.40. The molecule has 0 aromatic heterocycles. The maximum Gasteiger partial charge on any atom is 0.234 e. The molecule has 0 aliphatic rings. The summed E-state index contributed by atoms with van der Waals surface area (Å²) in [4.78, 5) is 11.4. The van der Waals surface area contributed by atoms with Crippen molar-refractivity contribution >= 4 is 21.8 Å². The van der Waals surface area contributed by atoms with E-state index < -0.39 is 0 Å². The van der Waals surface area contributed by atoms with Crippen LogP contribution in [0.25, 0.3) is 0 Å². The molecule has 0 fully saturated rings. The van der Waals surface area contributed by atoms with Crippen LogP contribution in [0.1, 0.15) is 19.4 Å². The SMILES string of the molecule is CC(C)C(Br)C(=O)NCc1ccccc1O. The molecule has 1 unspecified atom stereocenters. The zero-order chi connectivity index (χ0) is 12.1. The van der Waals surface area contributed by atoms with Crippen molar-refractivity contribution < 1.29 is 9.90 Å². The third-order valence-corrected chi connectivity index (χ3v) is 3.75. The van der Waals surface area contributed by atoms with Crippen LogP contribution in [0.15, 0.2) is 24.3 Å². The summed E-state index contributed by atoms with van der Waals surface area (Å²) in [6.07, 6.45) is 0. The quantitative estimate of drug-likeness (QED) is 0.835. The van der Waals surface area contributed by atoms with Gasteiger partial charge in [-0.15, -0.1) is 0 Å². The predicted octanol–water partition coefficient (Wildman–Crippen LogP) is 2.43. The monoisotopic (exact) mass is 285 g/mol. The highest BCUT2D eigenvalue weighted by molar-refractivity contribution is 9.10. The molecule has 16 heavy (non-hydrogen) atoms. The van der Waals surface area contributed by atoms with Crippen LogP contribution in [0.5, 0.6) is 5.75 Å². The number of para-hydroxylation sites is 1. The van der Waals surface area contributed by atoms with Gasteiger partial charge in [-0.25, -0.2) is 0 Å². The third-order valence-electron chi connectivity index (χ3n) is 2.28. The first-order valence-electron chi connectivity index (χ1n) is 5.21. The van der Waals surface area contributed by atoms with Gasteiger partial charge in [0.25, 0.3) is 0 Å². The van der Waals surface area contributed by atoms with Crippen molar-refractivity contribution in [3.63, 3.8) is 0 Å². The topological polar surface area (TPSA) is 49.3 Å². The van der Waals surface area contributed by atoms with Crippen molar-refractivity contribution in [2.75, 3.05) is 0 Å². The molecule has 88 valence electrons. The van der Waals surface area contributed by atoms with E-state index in [4.69, 9.17) is 0 Å². The molecule has 0 aliphatic heterocycles. The van der Waals surface area contributed by atoms with Crippen molar-refractivity contribution in [2.45, 2.75) is 25.2 Å². The Morgan fingerprint density at radius 2 is 2.06 bits per heavy atom. The molecular weight excluding hydrogens is 270 g/mol. The van der Waals surface area contributed by atoms with Crippen molar-refractivity contribution in [1.29, 1.82) is 0 Å². The van der Waals surface area contributed by atoms with Crippen LogP contribution in [0.2, 0.25) is 0 Å². The van der Waals surface area contributed by atoms with Crippen LogP contribution in [-0.2, 0) is 11.3 Å². The third kappa shape index (κ3) is 3.52. The number of phenolic OH excluding ortho intramolecular Hbond substituents is 1. The summed E-state index contributed by atoms with van der Waals surface area (Å²) in [6.45, 7) is 4.29. The van der Waals surface area contributed by atoms with Crippen LogP contribution in [0.4, 0.5) is 0 Å². The normalized spacial score (nSPS) is 12.5. The standard InChI is InChI=1S/C12H16BrNO2/c1-8(2)11(13)12(16)14-7-9-5-3-4-6-10(9)15/h3-6,8,11,15H,7H2,1-2H3,(H,14,16). The lowest BCUT2D eigenvalue weighted by Crippen LogP contribution is -2.33. The van der Waals surface area contributed by atoms with Gasteiger partial charge in [0, 0.05) is 12.1 Å². The highest BCUT2D eigenvalue weighted by atomic mass is 79.9. The average Bonchev–Trinajstić information content (AvgIpc) is 2.26. The predicted molar refractivity (Wildman–Crippen MR) is 67.5 cm³/mol. The van der Waals surface area contributed by atoms with Crippen LogP contribution < -0.4 is 5.32 Å². The molecule has 1 aromatic rings. The second kappa shape index (κ2) is 5.89. The number of carbonyl (C=O) groups excluding carboxylic acids is 1. The Balaban J connectivity index is 2.52. The second-order valence-corrected chi connectivity index (χ2v) is 4.98. The molecule has 4 heteroatoms. The number of hydrogen-bond acceptors (Lipinski definition) is 2. The largest absolute Gasteiger partial charge is 0.508 e. The summed E-state index contributed by atoms with van der Waals surface area (Å²) < 4.78 is 0. The van der Waals surface area contributed by atoms with E-state index in [1.165, 1.54) is 0 Å². The Morgan fingerprint density at radius 3 is 2.62 bits per heavy atom. The highest BCUT2D eigenvalue weighted by Gasteiger charge is 2.18. The first-order chi connectivity index (χ1) is 7.52. The molecule has 3 nitrogen and oxygen atoms in total. The van der Waals surface area contributed by atoms with Gasteiger partial charge in [0.05, 0.1) is 4.83 Å². The van der Waals surface area contributed by atoms with E-state index in [1.807, 2.05) is 19.9 Å². The lowest BCUT2D eigenvalue weighted by molar-refractivity contribution is -0.121. The van der Waals surface area contributed by atoms with Gasteiger partial charge in [0.15, 0.2) is 0 Å². The van der Waals surface area contributed by atoms with Gasteiger partial charge < -0.3 is 10.4 Å². The fourth-order valence-electron chi connectivity index (χ4n) is 1.24. The number of benzene rings is 1. The first kappa shape index (κ1) is 13.0. The van der Waals surface area contributed by atoms with Gasteiger partial charge in [-0.1, -0.05) is 48.0 Å². The summed E-state index contributed by atoms with van der Waals surface area (Å²) in [5.74, 6) is 0.390. The van der Waals surface area contributed by atoms with E-state index in [0.717, 1.165) is 5.56 Å². The minimum Gasteiger partial charge on any atom is -0.508 e. The molecule has 0 bridgehead atoms. The molecule has 1 aromatic carbocycles. The number of carbonyl (C=O) groups is 1. The number of halogens is 1. The first-order valence-corrected chi connectivity index (χ1v) is 6.12. The number of nitrogens with one attached hydrogen (secondary N) is 1. The maximum absolute atomic E-state index is 11.6. The Bertz CT molecular complexity index is 366. The highest BCUT2D eigenvalue weighted by Crippen LogP contribution is 2.16. The van der Waals surface area contributed by atoms with Gasteiger partial charge >= 0.3 is 0 Å². The number of hydrogen-bond donors (Lipinski definition) is 2. The van der Waals surface area contributed by atoms with E-state index in [0.29, 0.717) is 6.54 Å². The van der Waals surface area contributed by atoms with E-state index in [1.54, 1.807) is 18.2 Å². The Kier molecular flexibility index (Phi) is 4.80. The van der Waals surface area contributed by atoms with Crippen LogP contribution in [-0.4, -0.2) is 15.8 Å². The van der Waals surface area contributed by atoms with Gasteiger partial charge in [-0.2, -0.15) is 0 Å². The molecule has 1 rings (SSSR count). The van der Waals surface area contributed by atoms with Gasteiger partial charge in [0.1, 0.15) is 5.75 Å². The van der Waals surface area contributed by atoms with Crippen molar-refractivity contribution in [2.24, 2.45) is 5.92 Å². The Labute approximate surface area is 104 Å². The molecule has 0 saturated carbocycles. The van der Waals surface area contributed by atoms with Gasteiger partial charge in [0.2, 0.25) is 5.91 Å². The molecule has 1 amide bonds. The van der Waals surface area contributed by atoms with E-state index in [9.17, 15) is 9.90 Å². The lowest BCUT2D eigenvalue weighted by atomic mass is 10.1. The number of alkyl halides is 1. The van der Waals surface area contributed by atoms with Crippen molar-refractivity contribution in [1.82, 2.24) is 5.32 Å². The summed E-state index contributed by atoms with van der Waals surface area (Å²) in [5.41, 5.74) is 0.722. The van der Waals surface area contributed by atoms with Crippen molar-refractivity contribution in [3.05, 3.63) is 29.8 Å². The van der Waals surface area contributed by atoms with E-state index in [2.05, 4.69) is 21.2 Å². The Morgan fingerprint density at radius 1 is 1.44 bits per heavy atom. The summed E-state index contributed by atoms with van der Waals surface area (Å²) in [6, 6.07) is 6.97. The number of rotatable bonds is 4. The Hall–Kier alpha value is -1.03. The van der Waals surface area contributed by atoms with Crippen LogP contribution in [0, 0.1) is 5.92 Å².